The second kappa shape index (κ2) is 8.06. The lowest BCUT2D eigenvalue weighted by Gasteiger charge is -2.33. The predicted octanol–water partition coefficient (Wildman–Crippen LogP) is 3.51. The number of thiophene rings is 1. The molecule has 0 saturated heterocycles. The van der Waals surface area contributed by atoms with E-state index in [1.54, 1.807) is 11.3 Å². The molecule has 0 aromatic carbocycles. The molecule has 0 saturated carbocycles. The summed E-state index contributed by atoms with van der Waals surface area (Å²) in [5.74, 6) is -1.03. The molecule has 0 N–H and O–H groups in total. The number of nitrogens with zero attached hydrogens (tertiary/aromatic N) is 1. The average molecular weight is 361 g/mol. The third-order valence-corrected chi connectivity index (χ3v) is 5.57. The Morgan fingerprint density at radius 1 is 1.36 bits per heavy atom. The minimum absolute atomic E-state index is 0.114. The summed E-state index contributed by atoms with van der Waals surface area (Å²) in [7, 11) is 0. The lowest BCUT2D eigenvalue weighted by Crippen LogP contribution is -2.37. The van der Waals surface area contributed by atoms with Gasteiger partial charge < -0.3 is 9.47 Å². The van der Waals surface area contributed by atoms with Gasteiger partial charge in [-0.1, -0.05) is 6.07 Å². The Hall–Kier alpha value is -1.79. The van der Waals surface area contributed by atoms with E-state index in [0.29, 0.717) is 25.2 Å². The van der Waals surface area contributed by atoms with Crippen molar-refractivity contribution in [3.63, 3.8) is 0 Å². The predicted molar refractivity (Wildman–Crippen MR) is 97.0 cm³/mol. The van der Waals surface area contributed by atoms with E-state index in [1.165, 1.54) is 0 Å². The summed E-state index contributed by atoms with van der Waals surface area (Å²) in [5, 5.41) is 1.97. The van der Waals surface area contributed by atoms with Crippen molar-refractivity contribution in [1.82, 2.24) is 0 Å². The molecule has 6 heteroatoms. The summed E-state index contributed by atoms with van der Waals surface area (Å²) in [6, 6.07) is 3.94. The highest BCUT2D eigenvalue weighted by Crippen LogP contribution is 2.44. The first-order chi connectivity index (χ1) is 12.1. The number of carbonyl (C=O) groups excluding carboxylic acids is 2. The zero-order chi connectivity index (χ0) is 17.8. The van der Waals surface area contributed by atoms with Gasteiger partial charge in [0.2, 0.25) is 0 Å². The van der Waals surface area contributed by atoms with Crippen LogP contribution in [0.2, 0.25) is 0 Å². The molecule has 1 aliphatic heterocycles. The number of esters is 1. The molecule has 5 nitrogen and oxygen atoms in total. The molecule has 25 heavy (non-hydrogen) atoms. The third kappa shape index (κ3) is 3.75. The van der Waals surface area contributed by atoms with E-state index in [0.717, 1.165) is 29.1 Å². The fraction of sp³-hybridized carbons (Fsp3) is 0.526. The monoisotopic (exact) mass is 361 g/mol. The van der Waals surface area contributed by atoms with Gasteiger partial charge in [0.05, 0.1) is 6.61 Å². The quantitative estimate of drug-likeness (QED) is 0.574. The summed E-state index contributed by atoms with van der Waals surface area (Å²) in [6.07, 6.45) is 2.16. The van der Waals surface area contributed by atoms with Crippen molar-refractivity contribution in [3.05, 3.63) is 33.7 Å². The maximum absolute atomic E-state index is 12.8. The Bertz CT molecular complexity index is 705. The SMILES string of the molecule is CCOCCOC(=O)C1C(C)=NC2=C(C(=O)CCC2)[C@H]1c1cccs1. The molecule has 0 amide bonds. The van der Waals surface area contributed by atoms with Crippen molar-refractivity contribution < 1.29 is 19.1 Å². The number of hydrogen-bond donors (Lipinski definition) is 0. The molecule has 1 unspecified atom stereocenters. The highest BCUT2D eigenvalue weighted by molar-refractivity contribution is 7.10. The number of hydrogen-bond acceptors (Lipinski definition) is 6. The van der Waals surface area contributed by atoms with Crippen LogP contribution in [0.1, 0.15) is 43.9 Å². The Morgan fingerprint density at radius 2 is 2.20 bits per heavy atom. The van der Waals surface area contributed by atoms with Crippen LogP contribution >= 0.6 is 11.3 Å². The number of ether oxygens (including phenoxy) is 2. The maximum Gasteiger partial charge on any atom is 0.315 e. The highest BCUT2D eigenvalue weighted by Gasteiger charge is 2.43. The van der Waals surface area contributed by atoms with Crippen LogP contribution in [0.25, 0.3) is 0 Å². The normalized spacial score (nSPS) is 23.3. The van der Waals surface area contributed by atoms with Gasteiger partial charge in [-0.15, -0.1) is 11.3 Å². The lowest BCUT2D eigenvalue weighted by atomic mass is 9.74. The first-order valence-electron chi connectivity index (χ1n) is 8.72. The van der Waals surface area contributed by atoms with Crippen LogP contribution in [0, 0.1) is 5.92 Å². The fourth-order valence-electron chi connectivity index (χ4n) is 3.52. The van der Waals surface area contributed by atoms with E-state index in [2.05, 4.69) is 4.99 Å². The van der Waals surface area contributed by atoms with E-state index < -0.39 is 5.92 Å². The Balaban J connectivity index is 1.91. The topological polar surface area (TPSA) is 65.0 Å². The van der Waals surface area contributed by atoms with Crippen LogP contribution in [0.5, 0.6) is 0 Å². The molecule has 0 radical (unpaired) electrons. The van der Waals surface area contributed by atoms with Crippen molar-refractivity contribution in [2.45, 2.75) is 39.0 Å². The first kappa shape index (κ1) is 18.0. The molecular weight excluding hydrogens is 338 g/mol. The number of ketones is 1. The molecular formula is C19H23NO4S. The minimum atomic E-state index is -0.541. The third-order valence-electron chi connectivity index (χ3n) is 4.61. The summed E-state index contributed by atoms with van der Waals surface area (Å²) in [4.78, 5) is 31.0. The largest absolute Gasteiger partial charge is 0.463 e. The minimum Gasteiger partial charge on any atom is -0.463 e. The van der Waals surface area contributed by atoms with Crippen LogP contribution in [-0.4, -0.2) is 37.3 Å². The number of carbonyl (C=O) groups is 2. The molecule has 1 aliphatic carbocycles. The smallest absolute Gasteiger partial charge is 0.315 e. The van der Waals surface area contributed by atoms with Gasteiger partial charge in [0, 0.05) is 40.8 Å². The molecule has 2 aliphatic rings. The van der Waals surface area contributed by atoms with E-state index in [4.69, 9.17) is 9.47 Å². The summed E-state index contributed by atoms with van der Waals surface area (Å²) >= 11 is 1.57. The van der Waals surface area contributed by atoms with Gasteiger partial charge in [0.25, 0.3) is 0 Å². The van der Waals surface area contributed by atoms with E-state index in [-0.39, 0.29) is 24.3 Å². The molecule has 0 fully saturated rings. The summed E-state index contributed by atoms with van der Waals surface area (Å²) < 4.78 is 10.7. The maximum atomic E-state index is 12.8. The van der Waals surface area contributed by atoms with Gasteiger partial charge in [-0.25, -0.2) is 0 Å². The zero-order valence-electron chi connectivity index (χ0n) is 14.6. The van der Waals surface area contributed by atoms with Gasteiger partial charge in [0.15, 0.2) is 5.78 Å². The van der Waals surface area contributed by atoms with Crippen molar-refractivity contribution in [2.24, 2.45) is 10.9 Å². The second-order valence-corrected chi connectivity index (χ2v) is 7.20. The van der Waals surface area contributed by atoms with Crippen LogP contribution in [0.15, 0.2) is 33.8 Å². The van der Waals surface area contributed by atoms with E-state index in [9.17, 15) is 9.59 Å². The van der Waals surface area contributed by atoms with Crippen LogP contribution in [-0.2, 0) is 19.1 Å². The molecule has 134 valence electrons. The Morgan fingerprint density at radius 3 is 2.92 bits per heavy atom. The number of allylic oxidation sites excluding steroid dienone is 2. The Labute approximate surface area is 151 Å². The van der Waals surface area contributed by atoms with Crippen molar-refractivity contribution >= 4 is 28.8 Å². The zero-order valence-corrected chi connectivity index (χ0v) is 15.4. The molecule has 3 rings (SSSR count). The highest BCUT2D eigenvalue weighted by atomic mass is 32.1. The van der Waals surface area contributed by atoms with Gasteiger partial charge in [-0.05, 0) is 38.1 Å². The molecule has 1 aromatic rings. The standard InChI is InChI=1S/C19H23NO4S/c1-3-23-9-10-24-19(22)16-12(2)20-13-6-4-7-14(21)17(13)18(16)15-8-5-11-25-15/h5,8,11,16,18H,3-4,6-7,9-10H2,1-2H3/t16?,18-/m0/s1. The van der Waals surface area contributed by atoms with Crippen LogP contribution < -0.4 is 0 Å². The van der Waals surface area contributed by atoms with Gasteiger partial charge in [-0.3, -0.25) is 14.6 Å². The number of aliphatic imine (C=N–C) groups is 1. The van der Waals surface area contributed by atoms with Gasteiger partial charge in [0.1, 0.15) is 12.5 Å². The molecule has 2 heterocycles. The van der Waals surface area contributed by atoms with Crippen LogP contribution in [0.4, 0.5) is 0 Å². The lowest BCUT2D eigenvalue weighted by molar-refractivity contribution is -0.148. The fourth-order valence-corrected chi connectivity index (χ4v) is 4.39. The summed E-state index contributed by atoms with van der Waals surface area (Å²) in [6.45, 7) is 4.94. The van der Waals surface area contributed by atoms with Crippen molar-refractivity contribution in [1.29, 1.82) is 0 Å². The second-order valence-electron chi connectivity index (χ2n) is 6.23. The molecule has 0 spiro atoms. The molecule has 0 bridgehead atoms. The average Bonchev–Trinajstić information content (AvgIpc) is 3.12. The number of Topliss-reactive ketones (excluding diaryl/α,β-unsaturated/α-hetero) is 1. The first-order valence-corrected chi connectivity index (χ1v) is 9.60. The Kier molecular flexibility index (Phi) is 5.81. The van der Waals surface area contributed by atoms with E-state index in [1.807, 2.05) is 31.4 Å². The summed E-state index contributed by atoms with van der Waals surface area (Å²) in [5.41, 5.74) is 2.30. The van der Waals surface area contributed by atoms with Crippen molar-refractivity contribution in [2.75, 3.05) is 19.8 Å². The van der Waals surface area contributed by atoms with Crippen molar-refractivity contribution in [3.8, 4) is 0 Å². The van der Waals surface area contributed by atoms with Gasteiger partial charge >= 0.3 is 5.97 Å². The van der Waals surface area contributed by atoms with Gasteiger partial charge in [-0.2, -0.15) is 0 Å². The number of rotatable bonds is 6. The van der Waals surface area contributed by atoms with E-state index >= 15 is 0 Å². The molecule has 2 atom stereocenters. The molecule has 1 aromatic heterocycles. The van der Waals surface area contributed by atoms with Crippen LogP contribution in [0.3, 0.4) is 0 Å².